The number of aliphatic hydroxyl groups is 1. The van der Waals surface area contributed by atoms with Gasteiger partial charge >= 0.3 is 5.97 Å². The van der Waals surface area contributed by atoms with Gasteiger partial charge in [-0.15, -0.1) is 0 Å². The molecule has 22 heavy (non-hydrogen) atoms. The van der Waals surface area contributed by atoms with Crippen molar-refractivity contribution in [3.05, 3.63) is 71.3 Å². The molecular weight excluding hydrogens is 278 g/mol. The highest BCUT2D eigenvalue weighted by Gasteiger charge is 2.05. The molecule has 2 rings (SSSR count). The molecule has 0 radical (unpaired) electrons. The normalized spacial score (nSPS) is 12.7. The summed E-state index contributed by atoms with van der Waals surface area (Å²) in [5, 5.41) is 15.8. The lowest BCUT2D eigenvalue weighted by molar-refractivity contribution is -0.145. The molecule has 0 amide bonds. The fourth-order valence-electron chi connectivity index (χ4n) is 1.80. The van der Waals surface area contributed by atoms with E-state index in [2.05, 4.69) is 43.3 Å². The molecule has 4 nitrogen and oxygen atoms in total. The number of aliphatic carboxylic acids is 1. The summed E-state index contributed by atoms with van der Waals surface area (Å²) in [6.45, 7) is 3.29. The maximum atomic E-state index is 9.45. The number of hydrogen-bond donors (Lipinski definition) is 3. The Hall–Kier alpha value is -2.17. The zero-order valence-corrected chi connectivity index (χ0v) is 12.9. The van der Waals surface area contributed by atoms with Gasteiger partial charge in [0, 0.05) is 6.04 Å². The van der Waals surface area contributed by atoms with Gasteiger partial charge in [-0.1, -0.05) is 60.2 Å². The van der Waals surface area contributed by atoms with E-state index in [4.69, 9.17) is 15.9 Å². The number of aryl methyl sites for hydroxylation is 1. The van der Waals surface area contributed by atoms with E-state index in [-0.39, 0.29) is 6.04 Å². The molecule has 0 aliphatic rings. The first-order valence-corrected chi connectivity index (χ1v) is 7.17. The van der Waals surface area contributed by atoms with Crippen LogP contribution >= 0.6 is 0 Å². The highest BCUT2D eigenvalue weighted by atomic mass is 16.4. The van der Waals surface area contributed by atoms with Crippen molar-refractivity contribution in [2.75, 3.05) is 0 Å². The molecule has 4 heteroatoms. The lowest BCUT2D eigenvalue weighted by Gasteiger charge is -2.12. The average molecular weight is 301 g/mol. The molecule has 0 heterocycles. The van der Waals surface area contributed by atoms with E-state index in [1.165, 1.54) is 23.6 Å². The number of carboxylic acids is 1. The summed E-state index contributed by atoms with van der Waals surface area (Å²) in [6.07, 6.45) is -0.338. The molecule has 0 spiro atoms. The Balaban J connectivity index is 0.000000346. The van der Waals surface area contributed by atoms with Crippen LogP contribution in [0.3, 0.4) is 0 Å². The summed E-state index contributed by atoms with van der Waals surface area (Å²) in [6, 6.07) is 18.9. The number of carboxylic acid groups (broad SMARTS) is 1. The molecule has 0 aromatic heterocycles. The second kappa shape index (κ2) is 8.97. The van der Waals surface area contributed by atoms with Crippen LogP contribution in [-0.4, -0.2) is 22.3 Å². The predicted octanol–water partition coefficient (Wildman–Crippen LogP) is 2.69. The topological polar surface area (TPSA) is 83.5 Å². The van der Waals surface area contributed by atoms with Crippen LogP contribution in [0, 0.1) is 6.92 Å². The van der Waals surface area contributed by atoms with Crippen molar-refractivity contribution in [3.63, 3.8) is 0 Å². The van der Waals surface area contributed by atoms with Crippen LogP contribution in [0.2, 0.25) is 0 Å². The van der Waals surface area contributed by atoms with Crippen molar-refractivity contribution >= 4 is 5.97 Å². The van der Waals surface area contributed by atoms with Gasteiger partial charge < -0.3 is 15.9 Å². The van der Waals surface area contributed by atoms with Crippen molar-refractivity contribution in [1.29, 1.82) is 0 Å². The Labute approximate surface area is 131 Å². The van der Waals surface area contributed by atoms with E-state index in [0.717, 1.165) is 6.42 Å². The lowest BCUT2D eigenvalue weighted by atomic mass is 9.99. The van der Waals surface area contributed by atoms with Gasteiger partial charge in [-0.3, -0.25) is 0 Å². The maximum absolute atomic E-state index is 9.45. The summed E-state index contributed by atoms with van der Waals surface area (Å²) in [5.41, 5.74) is 9.94. The summed E-state index contributed by atoms with van der Waals surface area (Å²) in [5.74, 6) is -1.19. The first kappa shape index (κ1) is 17.9. The van der Waals surface area contributed by atoms with E-state index < -0.39 is 12.1 Å². The van der Waals surface area contributed by atoms with Crippen LogP contribution in [0.5, 0.6) is 0 Å². The molecule has 2 atom stereocenters. The molecule has 2 unspecified atom stereocenters. The number of rotatable bonds is 4. The van der Waals surface area contributed by atoms with Gasteiger partial charge in [0.2, 0.25) is 0 Å². The van der Waals surface area contributed by atoms with Gasteiger partial charge in [-0.25, -0.2) is 4.79 Å². The molecule has 0 bridgehead atoms. The highest BCUT2D eigenvalue weighted by molar-refractivity contribution is 5.71. The van der Waals surface area contributed by atoms with Gasteiger partial charge in [0.15, 0.2) is 0 Å². The summed E-state index contributed by atoms with van der Waals surface area (Å²) in [7, 11) is 0. The fourth-order valence-corrected chi connectivity index (χ4v) is 1.80. The van der Waals surface area contributed by atoms with Crippen LogP contribution in [0.25, 0.3) is 0 Å². The minimum absolute atomic E-state index is 0.0870. The summed E-state index contributed by atoms with van der Waals surface area (Å²) in [4.78, 5) is 9.45. The Kier molecular flexibility index (Phi) is 7.29. The molecular formula is C18H23NO3. The van der Waals surface area contributed by atoms with Crippen LogP contribution in [-0.2, 0) is 11.2 Å². The van der Waals surface area contributed by atoms with Crippen molar-refractivity contribution in [3.8, 4) is 0 Å². The maximum Gasteiger partial charge on any atom is 0.332 e. The summed E-state index contributed by atoms with van der Waals surface area (Å²) >= 11 is 0. The number of carbonyl (C=O) groups is 1. The Bertz CT molecular complexity index is 565. The smallest absolute Gasteiger partial charge is 0.332 e. The molecule has 0 saturated carbocycles. The van der Waals surface area contributed by atoms with E-state index in [0.29, 0.717) is 0 Å². The largest absolute Gasteiger partial charge is 0.479 e. The Morgan fingerprint density at radius 3 is 2.05 bits per heavy atom. The first-order chi connectivity index (χ1) is 10.4. The SMILES string of the molecule is CC(O)C(=O)O.Cc1ccc(CC(N)c2ccccc2)cc1. The van der Waals surface area contributed by atoms with Crippen molar-refractivity contribution in [2.45, 2.75) is 32.4 Å². The quantitative estimate of drug-likeness (QED) is 0.810. The zero-order valence-electron chi connectivity index (χ0n) is 12.9. The molecule has 2 aromatic carbocycles. The molecule has 2 aromatic rings. The highest BCUT2D eigenvalue weighted by Crippen LogP contribution is 2.15. The van der Waals surface area contributed by atoms with Crippen molar-refractivity contribution < 1.29 is 15.0 Å². The minimum atomic E-state index is -1.23. The second-order valence-electron chi connectivity index (χ2n) is 5.22. The van der Waals surface area contributed by atoms with E-state index >= 15 is 0 Å². The van der Waals surface area contributed by atoms with Crippen molar-refractivity contribution in [2.24, 2.45) is 5.73 Å². The van der Waals surface area contributed by atoms with E-state index in [1.54, 1.807) is 0 Å². The second-order valence-corrected chi connectivity index (χ2v) is 5.22. The zero-order chi connectivity index (χ0) is 16.5. The Morgan fingerprint density at radius 1 is 1.09 bits per heavy atom. The summed E-state index contributed by atoms with van der Waals surface area (Å²) < 4.78 is 0. The number of aliphatic hydroxyl groups excluding tert-OH is 1. The minimum Gasteiger partial charge on any atom is -0.479 e. The number of hydrogen-bond acceptors (Lipinski definition) is 3. The fraction of sp³-hybridized carbons (Fsp3) is 0.278. The monoisotopic (exact) mass is 301 g/mol. The Morgan fingerprint density at radius 2 is 1.59 bits per heavy atom. The van der Waals surface area contributed by atoms with Crippen LogP contribution < -0.4 is 5.73 Å². The molecule has 4 N–H and O–H groups in total. The van der Waals surface area contributed by atoms with E-state index in [9.17, 15) is 4.79 Å². The molecule has 0 fully saturated rings. The number of benzene rings is 2. The van der Waals surface area contributed by atoms with Gasteiger partial charge in [0.1, 0.15) is 6.10 Å². The lowest BCUT2D eigenvalue weighted by Crippen LogP contribution is -2.13. The van der Waals surface area contributed by atoms with Crippen LogP contribution in [0.1, 0.15) is 29.7 Å². The van der Waals surface area contributed by atoms with Gasteiger partial charge in [0.25, 0.3) is 0 Å². The molecule has 0 aliphatic heterocycles. The third kappa shape index (κ3) is 6.52. The van der Waals surface area contributed by atoms with Crippen LogP contribution in [0.4, 0.5) is 0 Å². The molecule has 0 saturated heterocycles. The first-order valence-electron chi connectivity index (χ1n) is 7.17. The molecule has 0 aliphatic carbocycles. The predicted molar refractivity (Wildman–Crippen MR) is 87.6 cm³/mol. The number of nitrogens with two attached hydrogens (primary N) is 1. The van der Waals surface area contributed by atoms with Gasteiger partial charge in [-0.05, 0) is 31.4 Å². The van der Waals surface area contributed by atoms with Gasteiger partial charge in [0.05, 0.1) is 0 Å². The third-order valence-electron chi connectivity index (χ3n) is 3.16. The van der Waals surface area contributed by atoms with Crippen molar-refractivity contribution in [1.82, 2.24) is 0 Å². The average Bonchev–Trinajstić information content (AvgIpc) is 2.51. The standard InChI is InChI=1S/C15H17N.C3H6O3/c1-12-7-9-13(10-8-12)11-15(16)14-5-3-2-4-6-14;1-2(4)3(5)6/h2-10,15H,11,16H2,1H3;2,4H,1H3,(H,5,6). The van der Waals surface area contributed by atoms with Crippen LogP contribution in [0.15, 0.2) is 54.6 Å². The third-order valence-corrected chi connectivity index (χ3v) is 3.16. The molecule has 118 valence electrons. The van der Waals surface area contributed by atoms with E-state index in [1.807, 2.05) is 18.2 Å². The van der Waals surface area contributed by atoms with Gasteiger partial charge in [-0.2, -0.15) is 0 Å².